The lowest BCUT2D eigenvalue weighted by Gasteiger charge is -2.17. The van der Waals surface area contributed by atoms with Gasteiger partial charge in [-0.2, -0.15) is 0 Å². The Morgan fingerprint density at radius 3 is 2.62 bits per heavy atom. The minimum absolute atomic E-state index is 0.168. The minimum Gasteiger partial charge on any atom is -0.454 e. The number of benzene rings is 3. The first kappa shape index (κ1) is 17.1. The molecule has 4 aromatic rings. The van der Waals surface area contributed by atoms with E-state index >= 15 is 0 Å². The number of aromatic amines is 1. The van der Waals surface area contributed by atoms with Crippen LogP contribution in [0.5, 0.6) is 11.5 Å². The molecule has 0 unspecified atom stereocenters. The Labute approximate surface area is 166 Å². The second kappa shape index (κ2) is 6.53. The molecule has 2 N–H and O–H groups in total. The van der Waals surface area contributed by atoms with Crippen LogP contribution >= 0.6 is 0 Å². The average molecular weight is 383 g/mol. The van der Waals surface area contributed by atoms with Crippen molar-refractivity contribution in [2.75, 3.05) is 17.3 Å². The summed E-state index contributed by atoms with van der Waals surface area (Å²) in [7, 11) is 1.69. The number of fused-ring (bicyclic) bond motifs is 3. The summed E-state index contributed by atoms with van der Waals surface area (Å²) in [6.07, 6.45) is 0. The fraction of sp³-hybridized carbons (Fsp3) is 0.0435. The molecule has 5 rings (SSSR count). The van der Waals surface area contributed by atoms with Crippen molar-refractivity contribution in [3.05, 3.63) is 84.1 Å². The zero-order valence-electron chi connectivity index (χ0n) is 15.6. The molecule has 1 aromatic heterocycles. The number of anilines is 2. The van der Waals surface area contributed by atoms with E-state index in [0.717, 1.165) is 10.9 Å². The van der Waals surface area contributed by atoms with Gasteiger partial charge in [0.05, 0.1) is 11.3 Å². The van der Waals surface area contributed by atoms with E-state index in [2.05, 4.69) is 10.3 Å². The van der Waals surface area contributed by atoms with Gasteiger partial charge in [0.1, 0.15) is 11.4 Å². The van der Waals surface area contributed by atoms with Gasteiger partial charge in [0.2, 0.25) is 0 Å². The van der Waals surface area contributed by atoms with Crippen molar-refractivity contribution in [3.63, 3.8) is 0 Å². The summed E-state index contributed by atoms with van der Waals surface area (Å²) in [5.74, 6) is 0.638. The number of amides is 2. The van der Waals surface area contributed by atoms with Crippen LogP contribution in [0.2, 0.25) is 0 Å². The molecule has 0 atom stereocenters. The summed E-state index contributed by atoms with van der Waals surface area (Å²) in [4.78, 5) is 30.1. The van der Waals surface area contributed by atoms with Crippen molar-refractivity contribution in [2.24, 2.45) is 0 Å². The van der Waals surface area contributed by atoms with Gasteiger partial charge in [-0.05, 0) is 42.5 Å². The van der Waals surface area contributed by atoms with Gasteiger partial charge in [0.15, 0.2) is 5.75 Å². The maximum Gasteiger partial charge on any atom is 0.272 e. The van der Waals surface area contributed by atoms with Crippen molar-refractivity contribution in [3.8, 4) is 11.5 Å². The maximum absolute atomic E-state index is 12.8. The number of H-pyrrole nitrogens is 1. The van der Waals surface area contributed by atoms with Gasteiger partial charge in [0.25, 0.3) is 11.8 Å². The third-order valence-electron chi connectivity index (χ3n) is 4.99. The molecular formula is C23H17N3O3. The highest BCUT2D eigenvalue weighted by molar-refractivity contribution is 6.10. The van der Waals surface area contributed by atoms with Crippen LogP contribution < -0.4 is 15.0 Å². The molecule has 6 nitrogen and oxygen atoms in total. The molecule has 0 fully saturated rings. The van der Waals surface area contributed by atoms with Crippen LogP contribution in [0.3, 0.4) is 0 Å². The lowest BCUT2D eigenvalue weighted by Crippen LogP contribution is -2.25. The lowest BCUT2D eigenvalue weighted by atomic mass is 10.2. The zero-order valence-corrected chi connectivity index (χ0v) is 15.6. The molecule has 0 spiro atoms. The number of aromatic nitrogens is 1. The van der Waals surface area contributed by atoms with Crippen LogP contribution in [0, 0.1) is 0 Å². The molecule has 2 heterocycles. The number of para-hydroxylation sites is 2. The molecule has 0 aliphatic carbocycles. The predicted octanol–water partition coefficient (Wildman–Crippen LogP) is 4.80. The van der Waals surface area contributed by atoms with Gasteiger partial charge in [-0.3, -0.25) is 9.59 Å². The van der Waals surface area contributed by atoms with E-state index in [0.29, 0.717) is 34.1 Å². The van der Waals surface area contributed by atoms with E-state index in [9.17, 15) is 9.59 Å². The normalized spacial score (nSPS) is 12.7. The Morgan fingerprint density at radius 1 is 0.966 bits per heavy atom. The summed E-state index contributed by atoms with van der Waals surface area (Å²) in [5, 5.41) is 3.85. The van der Waals surface area contributed by atoms with Gasteiger partial charge in [0, 0.05) is 23.6 Å². The Kier molecular flexibility index (Phi) is 3.84. The molecule has 0 saturated carbocycles. The summed E-state index contributed by atoms with van der Waals surface area (Å²) >= 11 is 0. The van der Waals surface area contributed by atoms with E-state index in [1.807, 2.05) is 36.4 Å². The number of hydrogen-bond donors (Lipinski definition) is 2. The molecule has 1 aliphatic heterocycles. The van der Waals surface area contributed by atoms with Crippen molar-refractivity contribution in [1.82, 2.24) is 4.98 Å². The number of carbonyl (C=O) groups is 2. The summed E-state index contributed by atoms with van der Waals surface area (Å²) < 4.78 is 5.95. The fourth-order valence-corrected chi connectivity index (χ4v) is 3.48. The molecule has 3 aromatic carbocycles. The smallest absolute Gasteiger partial charge is 0.272 e. The van der Waals surface area contributed by atoms with Crippen LogP contribution in [0.25, 0.3) is 10.9 Å². The van der Waals surface area contributed by atoms with Crippen molar-refractivity contribution in [2.45, 2.75) is 0 Å². The van der Waals surface area contributed by atoms with Crippen molar-refractivity contribution >= 4 is 34.1 Å². The predicted molar refractivity (Wildman–Crippen MR) is 112 cm³/mol. The van der Waals surface area contributed by atoms with Gasteiger partial charge < -0.3 is 19.9 Å². The van der Waals surface area contributed by atoms with Crippen LogP contribution in [0.1, 0.15) is 20.8 Å². The van der Waals surface area contributed by atoms with Crippen molar-refractivity contribution < 1.29 is 14.3 Å². The Balaban J connectivity index is 1.46. The highest BCUT2D eigenvalue weighted by atomic mass is 16.5. The topological polar surface area (TPSA) is 74.4 Å². The first-order valence-corrected chi connectivity index (χ1v) is 9.18. The molecule has 0 bridgehead atoms. The maximum atomic E-state index is 12.8. The number of rotatable bonds is 2. The van der Waals surface area contributed by atoms with E-state index < -0.39 is 0 Å². The van der Waals surface area contributed by atoms with E-state index in [4.69, 9.17) is 4.74 Å². The quantitative estimate of drug-likeness (QED) is 0.522. The standard InChI is InChI=1S/C23H17N3O3/c1-26-19-13-15(24-22(27)18-12-14-6-2-4-8-17(14)25-18)10-11-21(19)29-20-9-5-3-7-16(20)23(26)28/h2-13,25H,1H3,(H,24,27). The molecule has 6 heteroatoms. The van der Waals surface area contributed by atoms with E-state index in [-0.39, 0.29) is 11.8 Å². The van der Waals surface area contributed by atoms with E-state index in [1.165, 1.54) is 4.90 Å². The second-order valence-corrected chi connectivity index (χ2v) is 6.87. The van der Waals surface area contributed by atoms with Crippen LogP contribution in [-0.2, 0) is 0 Å². The third-order valence-corrected chi connectivity index (χ3v) is 4.99. The van der Waals surface area contributed by atoms with Gasteiger partial charge in [-0.1, -0.05) is 30.3 Å². The van der Waals surface area contributed by atoms with Gasteiger partial charge in [-0.15, -0.1) is 0 Å². The molecule has 2 amide bonds. The number of carbonyl (C=O) groups excluding carboxylic acids is 2. The number of nitrogens with one attached hydrogen (secondary N) is 2. The van der Waals surface area contributed by atoms with Gasteiger partial charge >= 0.3 is 0 Å². The highest BCUT2D eigenvalue weighted by Gasteiger charge is 2.25. The van der Waals surface area contributed by atoms with Crippen LogP contribution in [0.4, 0.5) is 11.4 Å². The van der Waals surface area contributed by atoms with Gasteiger partial charge in [-0.25, -0.2) is 0 Å². The molecule has 29 heavy (non-hydrogen) atoms. The van der Waals surface area contributed by atoms with Crippen LogP contribution in [-0.4, -0.2) is 23.8 Å². The summed E-state index contributed by atoms with van der Waals surface area (Å²) in [6, 6.07) is 21.9. The van der Waals surface area contributed by atoms with E-state index in [1.54, 1.807) is 43.4 Å². The highest BCUT2D eigenvalue weighted by Crippen LogP contribution is 2.39. The van der Waals surface area contributed by atoms with Crippen molar-refractivity contribution in [1.29, 1.82) is 0 Å². The van der Waals surface area contributed by atoms with Crippen LogP contribution in [0.15, 0.2) is 72.8 Å². The molecule has 0 saturated heterocycles. The molecule has 142 valence electrons. The number of hydrogen-bond acceptors (Lipinski definition) is 3. The lowest BCUT2D eigenvalue weighted by molar-refractivity contribution is 0.0991. The SMILES string of the molecule is CN1C(=O)c2ccccc2Oc2ccc(NC(=O)c3cc4ccccc4[nH]3)cc21. The summed E-state index contributed by atoms with van der Waals surface area (Å²) in [5.41, 5.74) is 3.02. The first-order chi connectivity index (χ1) is 14.1. The second-order valence-electron chi connectivity index (χ2n) is 6.87. The monoisotopic (exact) mass is 383 g/mol. The largest absolute Gasteiger partial charge is 0.454 e. The number of ether oxygens (including phenoxy) is 1. The Hall–Kier alpha value is -4.06. The third kappa shape index (κ3) is 2.91. The Morgan fingerprint density at radius 2 is 1.76 bits per heavy atom. The first-order valence-electron chi connectivity index (χ1n) is 9.18. The molecule has 1 aliphatic rings. The fourth-order valence-electron chi connectivity index (χ4n) is 3.48. The minimum atomic E-state index is -0.257. The summed E-state index contributed by atoms with van der Waals surface area (Å²) in [6.45, 7) is 0. The zero-order chi connectivity index (χ0) is 20.0. The average Bonchev–Trinajstić information content (AvgIpc) is 3.15. The molecular weight excluding hydrogens is 366 g/mol. The molecule has 0 radical (unpaired) electrons. The number of nitrogens with zero attached hydrogens (tertiary/aromatic N) is 1. The Bertz CT molecular complexity index is 1240.